The molecule has 0 radical (unpaired) electrons. The predicted octanol–water partition coefficient (Wildman–Crippen LogP) is 2.03. The van der Waals surface area contributed by atoms with Crippen molar-refractivity contribution in [3.63, 3.8) is 0 Å². The molecule has 8 nitrogen and oxygen atoms in total. The summed E-state index contributed by atoms with van der Waals surface area (Å²) < 4.78 is 10.9. The maximum Gasteiger partial charge on any atom is 0.417 e. The molecule has 3 aliphatic rings. The number of ether oxygens (including phenoxy) is 2. The highest BCUT2D eigenvalue weighted by Crippen LogP contribution is 2.44. The zero-order valence-electron chi connectivity index (χ0n) is 15.2. The summed E-state index contributed by atoms with van der Waals surface area (Å²) in [4.78, 5) is 36.2. The van der Waals surface area contributed by atoms with Gasteiger partial charge in [-0.3, -0.25) is 9.69 Å². The van der Waals surface area contributed by atoms with Crippen LogP contribution in [0, 0.1) is 6.92 Å². The number of pyridine rings is 2. The fourth-order valence-corrected chi connectivity index (χ4v) is 5.00. The van der Waals surface area contributed by atoms with Gasteiger partial charge in [0.15, 0.2) is 0 Å². The highest BCUT2D eigenvalue weighted by molar-refractivity contribution is 5.98. The summed E-state index contributed by atoms with van der Waals surface area (Å²) in [5.41, 5.74) is 1.07. The molecule has 27 heavy (non-hydrogen) atoms. The Bertz CT molecular complexity index is 949. The van der Waals surface area contributed by atoms with E-state index in [2.05, 4.69) is 14.6 Å². The van der Waals surface area contributed by atoms with E-state index < -0.39 is 6.09 Å². The zero-order chi connectivity index (χ0) is 18.7. The van der Waals surface area contributed by atoms with Crippen LogP contribution in [0.5, 0.6) is 5.88 Å². The third-order valence-corrected chi connectivity index (χ3v) is 6.06. The van der Waals surface area contributed by atoms with Crippen LogP contribution in [-0.2, 0) is 9.53 Å². The Morgan fingerprint density at radius 3 is 3.04 bits per heavy atom. The fraction of sp³-hybridized carbons (Fsp3) is 0.474. The number of rotatable bonds is 1. The average Bonchev–Trinajstić information content (AvgIpc) is 2.89. The molecular weight excluding hydrogens is 348 g/mol. The Morgan fingerprint density at radius 1 is 1.37 bits per heavy atom. The van der Waals surface area contributed by atoms with E-state index in [0.29, 0.717) is 12.4 Å². The first-order valence-corrected chi connectivity index (χ1v) is 9.20. The van der Waals surface area contributed by atoms with Crippen molar-refractivity contribution in [3.8, 4) is 5.88 Å². The van der Waals surface area contributed by atoms with Crippen LogP contribution in [0.15, 0.2) is 18.5 Å². The SMILES string of the molecule is Cc1cnc2c3c(nccc13)OC(C)C1C3CCC(CN21)N3C(=O)OC=O. The summed E-state index contributed by atoms with van der Waals surface area (Å²) in [6.45, 7) is 4.85. The molecule has 0 saturated carbocycles. The highest BCUT2D eigenvalue weighted by Gasteiger charge is 2.53. The highest BCUT2D eigenvalue weighted by atomic mass is 16.6. The quantitative estimate of drug-likeness (QED) is 0.562. The van der Waals surface area contributed by atoms with Crippen LogP contribution in [0.4, 0.5) is 10.6 Å². The number of amides is 1. The van der Waals surface area contributed by atoms with E-state index in [1.807, 2.05) is 26.1 Å². The Labute approximate surface area is 156 Å². The monoisotopic (exact) mass is 368 g/mol. The number of carbonyl (C=O) groups is 2. The first-order valence-electron chi connectivity index (χ1n) is 9.20. The molecule has 0 aromatic carbocycles. The second-order valence-corrected chi connectivity index (χ2v) is 7.46. The van der Waals surface area contributed by atoms with Crippen molar-refractivity contribution in [2.45, 2.75) is 50.9 Å². The minimum absolute atomic E-state index is 0.0118. The molecule has 2 aromatic heterocycles. The minimum Gasteiger partial charge on any atom is -0.472 e. The van der Waals surface area contributed by atoms with Crippen LogP contribution < -0.4 is 9.64 Å². The first kappa shape index (κ1) is 16.3. The fourth-order valence-electron chi connectivity index (χ4n) is 5.00. The first-order chi connectivity index (χ1) is 13.1. The Hall–Kier alpha value is -2.90. The second-order valence-electron chi connectivity index (χ2n) is 7.46. The molecule has 5 rings (SSSR count). The molecule has 2 saturated heterocycles. The lowest BCUT2D eigenvalue weighted by Crippen LogP contribution is -2.65. The molecule has 140 valence electrons. The second kappa shape index (κ2) is 5.80. The summed E-state index contributed by atoms with van der Waals surface area (Å²) in [5.74, 6) is 1.44. The maximum absolute atomic E-state index is 12.4. The summed E-state index contributed by atoms with van der Waals surface area (Å²) in [7, 11) is 0. The number of nitrogens with zero attached hydrogens (tertiary/aromatic N) is 4. The van der Waals surface area contributed by atoms with Gasteiger partial charge in [-0.25, -0.2) is 14.8 Å². The van der Waals surface area contributed by atoms with Crippen LogP contribution in [0.1, 0.15) is 25.3 Å². The number of aromatic nitrogens is 2. The van der Waals surface area contributed by atoms with Gasteiger partial charge in [0.1, 0.15) is 11.9 Å². The lowest BCUT2D eigenvalue weighted by atomic mass is 9.98. The van der Waals surface area contributed by atoms with Gasteiger partial charge in [0, 0.05) is 18.9 Å². The number of anilines is 1. The molecular formula is C19H20N4O4. The molecule has 2 bridgehead atoms. The Morgan fingerprint density at radius 2 is 2.22 bits per heavy atom. The molecule has 4 unspecified atom stereocenters. The van der Waals surface area contributed by atoms with Gasteiger partial charge in [0.2, 0.25) is 5.88 Å². The molecule has 1 amide bonds. The van der Waals surface area contributed by atoms with Crippen molar-refractivity contribution >= 4 is 29.2 Å². The van der Waals surface area contributed by atoms with Gasteiger partial charge in [0.05, 0.1) is 23.5 Å². The zero-order valence-corrected chi connectivity index (χ0v) is 15.2. The van der Waals surface area contributed by atoms with Crippen LogP contribution >= 0.6 is 0 Å². The minimum atomic E-state index is -0.578. The van der Waals surface area contributed by atoms with Gasteiger partial charge in [0.25, 0.3) is 0 Å². The van der Waals surface area contributed by atoms with Gasteiger partial charge < -0.3 is 14.4 Å². The molecule has 3 aliphatic heterocycles. The van der Waals surface area contributed by atoms with Gasteiger partial charge in [-0.15, -0.1) is 0 Å². The van der Waals surface area contributed by atoms with Crippen molar-refractivity contribution in [1.29, 1.82) is 0 Å². The van der Waals surface area contributed by atoms with Crippen molar-refractivity contribution in [2.24, 2.45) is 0 Å². The molecule has 0 spiro atoms. The molecule has 0 aliphatic carbocycles. The largest absolute Gasteiger partial charge is 0.472 e. The van der Waals surface area contributed by atoms with Gasteiger partial charge in [-0.2, -0.15) is 0 Å². The third-order valence-electron chi connectivity index (χ3n) is 6.06. The van der Waals surface area contributed by atoms with E-state index in [0.717, 1.165) is 35.0 Å². The Kier molecular flexibility index (Phi) is 3.50. The van der Waals surface area contributed by atoms with E-state index in [1.54, 1.807) is 11.1 Å². The number of fused-ring (bicyclic) bond motifs is 5. The molecule has 2 aromatic rings. The summed E-state index contributed by atoms with van der Waals surface area (Å²) in [6, 6.07) is 1.79. The molecule has 2 fully saturated rings. The average molecular weight is 368 g/mol. The molecule has 8 heteroatoms. The number of carbonyl (C=O) groups excluding carboxylic acids is 2. The molecule has 5 heterocycles. The molecule has 0 N–H and O–H groups in total. The maximum atomic E-state index is 12.4. The van der Waals surface area contributed by atoms with Gasteiger partial charge in [-0.1, -0.05) is 0 Å². The number of piperazine rings is 1. The predicted molar refractivity (Wildman–Crippen MR) is 96.7 cm³/mol. The molecule has 4 atom stereocenters. The van der Waals surface area contributed by atoms with Crippen LogP contribution in [-0.4, -0.2) is 58.2 Å². The lowest BCUT2D eigenvalue weighted by Gasteiger charge is -2.47. The van der Waals surface area contributed by atoms with Crippen LogP contribution in [0.25, 0.3) is 10.8 Å². The van der Waals surface area contributed by atoms with Crippen molar-refractivity contribution in [1.82, 2.24) is 14.9 Å². The third kappa shape index (κ3) is 2.22. The number of hydrogen-bond donors (Lipinski definition) is 0. The smallest absolute Gasteiger partial charge is 0.417 e. The van der Waals surface area contributed by atoms with Crippen molar-refractivity contribution in [3.05, 3.63) is 24.0 Å². The van der Waals surface area contributed by atoms with E-state index in [9.17, 15) is 9.59 Å². The number of hydrogen-bond acceptors (Lipinski definition) is 7. The van der Waals surface area contributed by atoms with Crippen LogP contribution in [0.2, 0.25) is 0 Å². The normalized spacial score (nSPS) is 28.4. The van der Waals surface area contributed by atoms with Crippen LogP contribution in [0.3, 0.4) is 0 Å². The van der Waals surface area contributed by atoms with E-state index in [4.69, 9.17) is 9.72 Å². The van der Waals surface area contributed by atoms with E-state index in [-0.39, 0.29) is 30.7 Å². The summed E-state index contributed by atoms with van der Waals surface area (Å²) in [5, 5.41) is 2.00. The lowest BCUT2D eigenvalue weighted by molar-refractivity contribution is -0.124. The number of aryl methyl sites for hydroxylation is 1. The van der Waals surface area contributed by atoms with Crippen molar-refractivity contribution < 1.29 is 19.1 Å². The van der Waals surface area contributed by atoms with E-state index >= 15 is 0 Å². The van der Waals surface area contributed by atoms with E-state index in [1.165, 1.54) is 0 Å². The summed E-state index contributed by atoms with van der Waals surface area (Å²) in [6.07, 6.45) is 4.56. The van der Waals surface area contributed by atoms with Crippen molar-refractivity contribution in [2.75, 3.05) is 11.4 Å². The standard InChI is InChI=1S/C19H20N4O4/c1-10-7-21-17-15-13(10)5-6-20-18(15)27-11(2)16-14-4-3-12(8-22(16)17)23(14)19(25)26-9-24/h5-7,9,11-12,14,16H,3-4,8H2,1-2H3. The van der Waals surface area contributed by atoms with Gasteiger partial charge in [-0.05, 0) is 43.7 Å². The Balaban J connectivity index is 1.65. The topological polar surface area (TPSA) is 84.9 Å². The van der Waals surface area contributed by atoms with Gasteiger partial charge >= 0.3 is 12.6 Å². The summed E-state index contributed by atoms with van der Waals surface area (Å²) >= 11 is 0.